The molecular weight excluding hydrogens is 311 g/mol. The number of aromatic nitrogens is 4. The number of nitrogen functional groups attached to an aromatic ring is 1. The van der Waals surface area contributed by atoms with Gasteiger partial charge < -0.3 is 10.6 Å². The van der Waals surface area contributed by atoms with Gasteiger partial charge in [0.25, 0.3) is 0 Å². The lowest BCUT2D eigenvalue weighted by Gasteiger charge is -2.25. The Kier molecular flexibility index (Phi) is 4.93. The second kappa shape index (κ2) is 6.57. The molecule has 0 aromatic carbocycles. The Bertz CT molecular complexity index is 667. The summed E-state index contributed by atoms with van der Waals surface area (Å²) in [5.74, 6) is 0.696. The highest BCUT2D eigenvalue weighted by molar-refractivity contribution is 5.86. The SMILES string of the molecule is CCN(CCN(C)CC(F)(F)F)c1nc(N)c2cnn(C)c2n1. The molecular formula is C13H20F3N7. The first-order valence-electron chi connectivity index (χ1n) is 7.16. The van der Waals surface area contributed by atoms with E-state index in [-0.39, 0.29) is 6.54 Å². The van der Waals surface area contributed by atoms with Gasteiger partial charge in [0.2, 0.25) is 5.95 Å². The Labute approximate surface area is 131 Å². The van der Waals surface area contributed by atoms with Gasteiger partial charge >= 0.3 is 6.18 Å². The second-order valence-electron chi connectivity index (χ2n) is 5.35. The second-order valence-corrected chi connectivity index (χ2v) is 5.35. The monoisotopic (exact) mass is 331 g/mol. The number of nitrogens with zero attached hydrogens (tertiary/aromatic N) is 6. The molecule has 0 amide bonds. The summed E-state index contributed by atoms with van der Waals surface area (Å²) in [6, 6.07) is 0. The van der Waals surface area contributed by atoms with Crippen LogP contribution in [0.4, 0.5) is 24.9 Å². The summed E-state index contributed by atoms with van der Waals surface area (Å²) in [6.07, 6.45) is -2.62. The molecule has 23 heavy (non-hydrogen) atoms. The van der Waals surface area contributed by atoms with E-state index >= 15 is 0 Å². The van der Waals surface area contributed by atoms with Crippen molar-refractivity contribution in [1.29, 1.82) is 0 Å². The van der Waals surface area contributed by atoms with Crippen LogP contribution in [0.1, 0.15) is 6.92 Å². The average Bonchev–Trinajstić information content (AvgIpc) is 2.80. The van der Waals surface area contributed by atoms with E-state index in [1.807, 2.05) is 6.92 Å². The molecule has 2 aromatic heterocycles. The number of hydrogen-bond donors (Lipinski definition) is 1. The number of halogens is 3. The van der Waals surface area contributed by atoms with E-state index in [1.165, 1.54) is 11.9 Å². The predicted molar refractivity (Wildman–Crippen MR) is 82.2 cm³/mol. The molecule has 0 fully saturated rings. The molecule has 2 heterocycles. The average molecular weight is 331 g/mol. The van der Waals surface area contributed by atoms with E-state index in [9.17, 15) is 13.2 Å². The van der Waals surface area contributed by atoms with Gasteiger partial charge in [-0.1, -0.05) is 0 Å². The van der Waals surface area contributed by atoms with Gasteiger partial charge in [0.15, 0.2) is 5.65 Å². The lowest BCUT2D eigenvalue weighted by molar-refractivity contribution is -0.142. The topological polar surface area (TPSA) is 76.1 Å². The fourth-order valence-electron chi connectivity index (χ4n) is 2.25. The highest BCUT2D eigenvalue weighted by Crippen LogP contribution is 2.20. The van der Waals surface area contributed by atoms with Crippen molar-refractivity contribution in [3.8, 4) is 0 Å². The predicted octanol–water partition coefficient (Wildman–Crippen LogP) is 1.27. The molecule has 0 saturated heterocycles. The van der Waals surface area contributed by atoms with Crippen LogP contribution in [0.5, 0.6) is 0 Å². The first kappa shape index (κ1) is 17.3. The standard InChI is InChI=1S/C13H20F3N7/c1-4-23(6-5-21(2)8-13(14,15)16)12-19-10(17)9-7-18-22(3)11(9)20-12/h7H,4-6,8H2,1-3H3,(H2,17,19,20). The number of aryl methyl sites for hydroxylation is 1. The Morgan fingerprint density at radius 2 is 1.96 bits per heavy atom. The maximum absolute atomic E-state index is 12.4. The summed E-state index contributed by atoms with van der Waals surface area (Å²) < 4.78 is 38.7. The van der Waals surface area contributed by atoms with E-state index in [0.717, 1.165) is 0 Å². The summed E-state index contributed by atoms with van der Waals surface area (Å²) >= 11 is 0. The summed E-state index contributed by atoms with van der Waals surface area (Å²) in [7, 11) is 3.17. The molecule has 7 nitrogen and oxygen atoms in total. The Morgan fingerprint density at radius 1 is 1.26 bits per heavy atom. The zero-order valence-electron chi connectivity index (χ0n) is 13.3. The van der Waals surface area contributed by atoms with Crippen molar-refractivity contribution in [3.05, 3.63) is 6.20 Å². The zero-order valence-corrected chi connectivity index (χ0v) is 13.3. The third-order valence-corrected chi connectivity index (χ3v) is 3.48. The van der Waals surface area contributed by atoms with E-state index in [4.69, 9.17) is 5.73 Å². The Morgan fingerprint density at radius 3 is 2.57 bits per heavy atom. The summed E-state index contributed by atoms with van der Waals surface area (Å²) in [5, 5.41) is 4.73. The largest absolute Gasteiger partial charge is 0.401 e. The lowest BCUT2D eigenvalue weighted by atomic mass is 10.4. The summed E-state index contributed by atoms with van der Waals surface area (Å²) in [6.45, 7) is 2.10. The number of fused-ring (bicyclic) bond motifs is 1. The molecule has 0 saturated carbocycles. The number of nitrogens with two attached hydrogens (primary N) is 1. The van der Waals surface area contributed by atoms with Gasteiger partial charge in [-0.2, -0.15) is 28.2 Å². The number of hydrogen-bond acceptors (Lipinski definition) is 6. The molecule has 2 aromatic rings. The van der Waals surface area contributed by atoms with Crippen molar-refractivity contribution in [2.75, 3.05) is 43.9 Å². The molecule has 2 rings (SSSR count). The molecule has 10 heteroatoms. The molecule has 128 valence electrons. The number of alkyl halides is 3. The van der Waals surface area contributed by atoms with Crippen LogP contribution in [-0.4, -0.2) is 64.1 Å². The maximum Gasteiger partial charge on any atom is 0.401 e. The maximum atomic E-state index is 12.4. The van der Waals surface area contributed by atoms with Crippen molar-refractivity contribution in [2.24, 2.45) is 7.05 Å². The van der Waals surface area contributed by atoms with Crippen molar-refractivity contribution in [1.82, 2.24) is 24.6 Å². The van der Waals surface area contributed by atoms with Gasteiger partial charge in [-0.3, -0.25) is 9.58 Å². The first-order chi connectivity index (χ1) is 10.7. The summed E-state index contributed by atoms with van der Waals surface area (Å²) in [4.78, 5) is 11.7. The molecule has 0 radical (unpaired) electrons. The van der Waals surface area contributed by atoms with Gasteiger partial charge in [-0.25, -0.2) is 0 Å². The van der Waals surface area contributed by atoms with E-state index < -0.39 is 12.7 Å². The smallest absolute Gasteiger partial charge is 0.383 e. The van der Waals surface area contributed by atoms with E-state index in [2.05, 4.69) is 15.1 Å². The molecule has 0 aliphatic rings. The quantitative estimate of drug-likeness (QED) is 0.859. The number of likely N-dealkylation sites (N-methyl/N-ethyl adjacent to an activating group) is 2. The van der Waals surface area contributed by atoms with Crippen LogP contribution >= 0.6 is 0 Å². The van der Waals surface area contributed by atoms with Crippen LogP contribution < -0.4 is 10.6 Å². The first-order valence-corrected chi connectivity index (χ1v) is 7.16. The third kappa shape index (κ3) is 4.21. The molecule has 0 atom stereocenters. The van der Waals surface area contributed by atoms with Crippen LogP contribution in [-0.2, 0) is 7.05 Å². The van der Waals surface area contributed by atoms with Gasteiger partial charge in [-0.15, -0.1) is 0 Å². The van der Waals surface area contributed by atoms with Gasteiger partial charge in [0.1, 0.15) is 5.82 Å². The Hall–Kier alpha value is -2.10. The minimum absolute atomic E-state index is 0.236. The third-order valence-electron chi connectivity index (χ3n) is 3.48. The zero-order chi connectivity index (χ0) is 17.2. The van der Waals surface area contributed by atoms with Crippen LogP contribution in [0.2, 0.25) is 0 Å². The molecule has 0 aliphatic carbocycles. The molecule has 0 unspecified atom stereocenters. The molecule has 0 bridgehead atoms. The van der Waals surface area contributed by atoms with Gasteiger partial charge in [0.05, 0.1) is 18.1 Å². The molecule has 2 N–H and O–H groups in total. The van der Waals surface area contributed by atoms with Crippen molar-refractivity contribution in [3.63, 3.8) is 0 Å². The van der Waals surface area contributed by atoms with Crippen LogP contribution in [0.25, 0.3) is 11.0 Å². The van der Waals surface area contributed by atoms with Crippen LogP contribution in [0, 0.1) is 0 Å². The highest BCUT2D eigenvalue weighted by Gasteiger charge is 2.29. The van der Waals surface area contributed by atoms with Crippen molar-refractivity contribution >= 4 is 22.8 Å². The molecule has 0 aliphatic heterocycles. The van der Waals surface area contributed by atoms with Crippen LogP contribution in [0.15, 0.2) is 6.20 Å². The number of rotatable bonds is 6. The number of anilines is 2. The normalized spacial score (nSPS) is 12.3. The minimum Gasteiger partial charge on any atom is -0.383 e. The summed E-state index contributed by atoms with van der Waals surface area (Å²) in [5.41, 5.74) is 6.50. The Balaban J connectivity index is 2.13. The van der Waals surface area contributed by atoms with Gasteiger partial charge in [-0.05, 0) is 14.0 Å². The van der Waals surface area contributed by atoms with Crippen molar-refractivity contribution in [2.45, 2.75) is 13.1 Å². The van der Waals surface area contributed by atoms with E-state index in [0.29, 0.717) is 35.9 Å². The van der Waals surface area contributed by atoms with Gasteiger partial charge in [0, 0.05) is 26.7 Å². The highest BCUT2D eigenvalue weighted by atomic mass is 19.4. The van der Waals surface area contributed by atoms with E-state index in [1.54, 1.807) is 22.8 Å². The van der Waals surface area contributed by atoms with Crippen LogP contribution in [0.3, 0.4) is 0 Å². The molecule has 0 spiro atoms. The fraction of sp³-hybridized carbons (Fsp3) is 0.615. The fourth-order valence-corrected chi connectivity index (χ4v) is 2.25. The van der Waals surface area contributed by atoms with Crippen molar-refractivity contribution < 1.29 is 13.2 Å². The minimum atomic E-state index is -4.21. The lowest BCUT2D eigenvalue weighted by Crippen LogP contribution is -2.38.